The van der Waals surface area contributed by atoms with Crippen molar-refractivity contribution in [1.82, 2.24) is 14.5 Å². The Morgan fingerprint density at radius 3 is 2.84 bits per heavy atom. The number of imidazole rings is 1. The molecule has 1 saturated heterocycles. The lowest BCUT2D eigenvalue weighted by Crippen LogP contribution is -2.33. The van der Waals surface area contributed by atoms with E-state index in [1.165, 1.54) is 12.4 Å². The summed E-state index contributed by atoms with van der Waals surface area (Å²) >= 11 is 0. The Labute approximate surface area is 144 Å². The van der Waals surface area contributed by atoms with Gasteiger partial charge in [-0.1, -0.05) is 0 Å². The van der Waals surface area contributed by atoms with E-state index in [1.807, 2.05) is 0 Å². The van der Waals surface area contributed by atoms with Crippen molar-refractivity contribution in [3.05, 3.63) is 52.6 Å². The summed E-state index contributed by atoms with van der Waals surface area (Å²) in [6.45, 7) is 1.33. The van der Waals surface area contributed by atoms with Gasteiger partial charge in [-0.15, -0.1) is 0 Å². The molecule has 4 rings (SSSR count). The van der Waals surface area contributed by atoms with E-state index in [9.17, 15) is 14.9 Å². The van der Waals surface area contributed by atoms with Gasteiger partial charge in [0.1, 0.15) is 5.69 Å². The van der Waals surface area contributed by atoms with Crippen LogP contribution >= 0.6 is 0 Å². The van der Waals surface area contributed by atoms with Crippen molar-refractivity contribution in [1.29, 1.82) is 0 Å². The maximum Gasteiger partial charge on any atom is 0.294 e. The quantitative estimate of drug-likeness (QED) is 0.674. The van der Waals surface area contributed by atoms with Gasteiger partial charge in [-0.3, -0.25) is 14.9 Å². The van der Waals surface area contributed by atoms with E-state index in [2.05, 4.69) is 4.98 Å². The van der Waals surface area contributed by atoms with Crippen LogP contribution in [0.2, 0.25) is 0 Å². The van der Waals surface area contributed by atoms with Gasteiger partial charge < -0.3 is 15.2 Å². The number of hydrogen-bond acceptors (Lipinski definition) is 5. The second-order valence-electron chi connectivity index (χ2n) is 6.81. The molecule has 8 heteroatoms. The van der Waals surface area contributed by atoms with Crippen LogP contribution in [0.25, 0.3) is 5.69 Å². The van der Waals surface area contributed by atoms with Crippen LogP contribution < -0.4 is 5.73 Å². The van der Waals surface area contributed by atoms with Crippen LogP contribution in [0, 0.1) is 22.0 Å². The number of amides is 1. The molecule has 2 aromatic rings. The average Bonchev–Trinajstić information content (AvgIpc) is 3.32. The third kappa shape index (κ3) is 2.68. The van der Waals surface area contributed by atoms with Crippen LogP contribution in [0.5, 0.6) is 0 Å². The second kappa shape index (κ2) is 5.96. The fourth-order valence-electron chi connectivity index (χ4n) is 4.08. The SMILES string of the molecule is NC1CCC2CN(C(=O)c3ccc(-n4ccnc4)c([N+](=O)[O-])c3)CC12. The van der Waals surface area contributed by atoms with E-state index >= 15 is 0 Å². The summed E-state index contributed by atoms with van der Waals surface area (Å²) in [5.74, 6) is 0.644. The third-order valence-electron chi connectivity index (χ3n) is 5.40. The summed E-state index contributed by atoms with van der Waals surface area (Å²) in [5, 5.41) is 11.4. The maximum absolute atomic E-state index is 12.8. The number of nitrogens with zero attached hydrogens (tertiary/aromatic N) is 4. The van der Waals surface area contributed by atoms with Crippen LogP contribution in [0.1, 0.15) is 23.2 Å². The number of carbonyl (C=O) groups excluding carboxylic acids is 1. The van der Waals surface area contributed by atoms with Crippen molar-refractivity contribution < 1.29 is 9.72 Å². The van der Waals surface area contributed by atoms with Crippen molar-refractivity contribution in [2.45, 2.75) is 18.9 Å². The standard InChI is InChI=1S/C17H19N5O3/c18-14-3-1-12-8-21(9-13(12)14)17(23)11-2-4-15(16(7-11)22(24)25)20-6-5-19-10-20/h2,4-7,10,12-14H,1,3,8-9,18H2. The molecule has 1 aromatic carbocycles. The highest BCUT2D eigenvalue weighted by Crippen LogP contribution is 2.38. The molecule has 1 aliphatic heterocycles. The number of carbonyl (C=O) groups is 1. The Morgan fingerprint density at radius 1 is 1.32 bits per heavy atom. The zero-order valence-electron chi connectivity index (χ0n) is 13.6. The lowest BCUT2D eigenvalue weighted by Gasteiger charge is -2.19. The number of nitrogens with two attached hydrogens (primary N) is 1. The molecule has 3 atom stereocenters. The lowest BCUT2D eigenvalue weighted by molar-refractivity contribution is -0.384. The molecule has 130 valence electrons. The minimum absolute atomic E-state index is 0.111. The number of fused-ring (bicyclic) bond motifs is 1. The van der Waals surface area contributed by atoms with E-state index in [1.54, 1.807) is 34.0 Å². The normalized spacial score (nSPS) is 25.2. The Kier molecular flexibility index (Phi) is 3.76. The monoisotopic (exact) mass is 341 g/mol. The topological polar surface area (TPSA) is 107 Å². The van der Waals surface area contributed by atoms with E-state index in [0.29, 0.717) is 36.2 Å². The van der Waals surface area contributed by atoms with Crippen molar-refractivity contribution in [2.24, 2.45) is 17.6 Å². The van der Waals surface area contributed by atoms with E-state index in [0.717, 1.165) is 12.8 Å². The summed E-state index contributed by atoms with van der Waals surface area (Å²) in [6, 6.07) is 4.74. The summed E-state index contributed by atoms with van der Waals surface area (Å²) in [5.41, 5.74) is 6.74. The predicted octanol–water partition coefficient (Wildman–Crippen LogP) is 1.59. The molecule has 2 heterocycles. The average molecular weight is 341 g/mol. The summed E-state index contributed by atoms with van der Waals surface area (Å²) < 4.78 is 1.56. The van der Waals surface area contributed by atoms with Crippen LogP contribution in [0.15, 0.2) is 36.9 Å². The number of aromatic nitrogens is 2. The molecule has 0 radical (unpaired) electrons. The van der Waals surface area contributed by atoms with Gasteiger partial charge in [0.25, 0.3) is 11.6 Å². The molecular weight excluding hydrogens is 322 g/mol. The molecular formula is C17H19N5O3. The zero-order valence-corrected chi connectivity index (χ0v) is 13.6. The van der Waals surface area contributed by atoms with Crippen LogP contribution in [-0.4, -0.2) is 44.4 Å². The molecule has 1 aliphatic carbocycles. The number of nitro benzene ring substituents is 1. The number of likely N-dealkylation sites (tertiary alicyclic amines) is 1. The molecule has 2 N–H and O–H groups in total. The molecule has 1 saturated carbocycles. The largest absolute Gasteiger partial charge is 0.338 e. The Morgan fingerprint density at radius 2 is 2.16 bits per heavy atom. The molecule has 0 spiro atoms. The van der Waals surface area contributed by atoms with Crippen molar-refractivity contribution in [3.63, 3.8) is 0 Å². The van der Waals surface area contributed by atoms with Gasteiger partial charge in [0.2, 0.25) is 0 Å². The fourth-order valence-corrected chi connectivity index (χ4v) is 4.08. The molecule has 0 bridgehead atoms. The van der Waals surface area contributed by atoms with Gasteiger partial charge in [-0.2, -0.15) is 0 Å². The molecule has 2 fully saturated rings. The van der Waals surface area contributed by atoms with Crippen LogP contribution in [0.4, 0.5) is 5.69 Å². The second-order valence-corrected chi connectivity index (χ2v) is 6.81. The Bertz CT molecular complexity index is 820. The fraction of sp³-hybridized carbons (Fsp3) is 0.412. The van der Waals surface area contributed by atoms with Gasteiger partial charge in [0.15, 0.2) is 0 Å². The van der Waals surface area contributed by atoms with Crippen LogP contribution in [-0.2, 0) is 0 Å². The molecule has 1 amide bonds. The zero-order chi connectivity index (χ0) is 17.6. The summed E-state index contributed by atoms with van der Waals surface area (Å²) in [7, 11) is 0. The number of benzene rings is 1. The van der Waals surface area contributed by atoms with Crippen molar-refractivity contribution in [3.8, 4) is 5.69 Å². The first-order valence-corrected chi connectivity index (χ1v) is 8.36. The van der Waals surface area contributed by atoms with Crippen molar-refractivity contribution >= 4 is 11.6 Å². The Hall–Kier alpha value is -2.74. The first-order valence-electron chi connectivity index (χ1n) is 8.36. The molecule has 8 nitrogen and oxygen atoms in total. The molecule has 2 aliphatic rings. The van der Waals surface area contributed by atoms with Crippen LogP contribution in [0.3, 0.4) is 0 Å². The highest BCUT2D eigenvalue weighted by Gasteiger charge is 2.42. The minimum atomic E-state index is -0.471. The number of rotatable bonds is 3. The van der Waals surface area contributed by atoms with Gasteiger partial charge >= 0.3 is 0 Å². The van der Waals surface area contributed by atoms with Gasteiger partial charge in [-0.05, 0) is 36.8 Å². The van der Waals surface area contributed by atoms with E-state index in [4.69, 9.17) is 5.73 Å². The number of nitro groups is 1. The first-order chi connectivity index (χ1) is 12.0. The third-order valence-corrected chi connectivity index (χ3v) is 5.40. The molecule has 3 unspecified atom stereocenters. The van der Waals surface area contributed by atoms with Crippen molar-refractivity contribution in [2.75, 3.05) is 13.1 Å². The summed E-state index contributed by atoms with van der Waals surface area (Å²) in [6.07, 6.45) is 6.74. The highest BCUT2D eigenvalue weighted by molar-refractivity contribution is 5.95. The first kappa shape index (κ1) is 15.8. The lowest BCUT2D eigenvalue weighted by atomic mass is 9.98. The maximum atomic E-state index is 12.8. The van der Waals surface area contributed by atoms with Gasteiger partial charge in [0, 0.05) is 43.2 Å². The Balaban J connectivity index is 1.62. The number of hydrogen-bond donors (Lipinski definition) is 1. The van der Waals surface area contributed by atoms with Gasteiger partial charge in [-0.25, -0.2) is 4.98 Å². The molecule has 1 aromatic heterocycles. The van der Waals surface area contributed by atoms with Gasteiger partial charge in [0.05, 0.1) is 11.3 Å². The smallest absolute Gasteiger partial charge is 0.294 e. The summed E-state index contributed by atoms with van der Waals surface area (Å²) in [4.78, 5) is 29.5. The predicted molar refractivity (Wildman–Crippen MR) is 90.3 cm³/mol. The van der Waals surface area contributed by atoms with E-state index < -0.39 is 4.92 Å². The highest BCUT2D eigenvalue weighted by atomic mass is 16.6. The molecule has 25 heavy (non-hydrogen) atoms. The van der Waals surface area contributed by atoms with E-state index in [-0.39, 0.29) is 17.6 Å². The minimum Gasteiger partial charge on any atom is -0.338 e.